The van der Waals surface area contributed by atoms with Gasteiger partial charge >= 0.3 is 0 Å². The summed E-state index contributed by atoms with van der Waals surface area (Å²) in [5.41, 5.74) is 2.84. The lowest BCUT2D eigenvalue weighted by molar-refractivity contribution is 0.517. The van der Waals surface area contributed by atoms with Crippen molar-refractivity contribution in [1.29, 1.82) is 0 Å². The Bertz CT molecular complexity index is 450. The second-order valence-electron chi connectivity index (χ2n) is 5.12. The zero-order valence-corrected chi connectivity index (χ0v) is 11.7. The van der Waals surface area contributed by atoms with Gasteiger partial charge in [-0.2, -0.15) is 0 Å². The van der Waals surface area contributed by atoms with E-state index in [0.29, 0.717) is 6.04 Å². The van der Waals surface area contributed by atoms with Gasteiger partial charge in [-0.3, -0.25) is 0 Å². The van der Waals surface area contributed by atoms with Gasteiger partial charge in [-0.05, 0) is 43.9 Å². The minimum Gasteiger partial charge on any atom is -0.314 e. The van der Waals surface area contributed by atoms with Crippen molar-refractivity contribution in [3.63, 3.8) is 0 Å². The Labute approximate surface area is 116 Å². The molecule has 1 heteroatoms. The van der Waals surface area contributed by atoms with Gasteiger partial charge in [-0.15, -0.1) is 0 Å². The third-order valence-corrected chi connectivity index (χ3v) is 3.46. The average molecular weight is 253 g/mol. The Balaban J connectivity index is 1.64. The first-order valence-corrected chi connectivity index (χ1v) is 7.16. The summed E-state index contributed by atoms with van der Waals surface area (Å²) in [4.78, 5) is 0. The van der Waals surface area contributed by atoms with Crippen LogP contribution in [0.15, 0.2) is 60.7 Å². The summed E-state index contributed by atoms with van der Waals surface area (Å²) in [6.07, 6.45) is 3.45. The van der Waals surface area contributed by atoms with Gasteiger partial charge in [0, 0.05) is 6.04 Å². The summed E-state index contributed by atoms with van der Waals surface area (Å²) < 4.78 is 0. The highest BCUT2D eigenvalue weighted by Crippen LogP contribution is 2.05. The largest absolute Gasteiger partial charge is 0.314 e. The Morgan fingerprint density at radius 3 is 1.89 bits per heavy atom. The van der Waals surface area contributed by atoms with E-state index in [1.54, 1.807) is 0 Å². The molecule has 1 nitrogen and oxygen atoms in total. The molecule has 0 aromatic heterocycles. The van der Waals surface area contributed by atoms with Gasteiger partial charge < -0.3 is 5.32 Å². The summed E-state index contributed by atoms with van der Waals surface area (Å²) in [7, 11) is 0. The Morgan fingerprint density at radius 2 is 1.32 bits per heavy atom. The Kier molecular flexibility index (Phi) is 5.64. The molecule has 0 fully saturated rings. The van der Waals surface area contributed by atoms with E-state index >= 15 is 0 Å². The zero-order valence-electron chi connectivity index (χ0n) is 11.7. The minimum absolute atomic E-state index is 0.573. The SMILES string of the molecule is C[C@@H](CCc1ccccc1)NCCc1ccccc1. The van der Waals surface area contributed by atoms with Crippen LogP contribution in [0.1, 0.15) is 24.5 Å². The highest BCUT2D eigenvalue weighted by molar-refractivity contribution is 5.15. The van der Waals surface area contributed by atoms with E-state index in [4.69, 9.17) is 0 Å². The maximum atomic E-state index is 3.60. The lowest BCUT2D eigenvalue weighted by Crippen LogP contribution is -2.28. The van der Waals surface area contributed by atoms with Crippen molar-refractivity contribution in [1.82, 2.24) is 5.32 Å². The molecule has 0 saturated heterocycles. The van der Waals surface area contributed by atoms with Crippen molar-refractivity contribution in [2.45, 2.75) is 32.2 Å². The molecule has 0 aliphatic heterocycles. The molecule has 0 radical (unpaired) electrons. The molecule has 0 spiro atoms. The molecule has 2 aromatic carbocycles. The first-order chi connectivity index (χ1) is 9.34. The quantitative estimate of drug-likeness (QED) is 0.790. The van der Waals surface area contributed by atoms with Gasteiger partial charge in [0.05, 0.1) is 0 Å². The van der Waals surface area contributed by atoms with Crippen molar-refractivity contribution in [2.24, 2.45) is 0 Å². The van der Waals surface area contributed by atoms with Gasteiger partial charge in [0.25, 0.3) is 0 Å². The normalized spacial score (nSPS) is 12.3. The summed E-state index contributed by atoms with van der Waals surface area (Å²) in [5, 5.41) is 3.60. The van der Waals surface area contributed by atoms with Crippen molar-refractivity contribution < 1.29 is 0 Å². The summed E-state index contributed by atoms with van der Waals surface area (Å²) in [6.45, 7) is 3.33. The van der Waals surface area contributed by atoms with E-state index in [2.05, 4.69) is 72.9 Å². The smallest absolute Gasteiger partial charge is 0.00420 e. The zero-order chi connectivity index (χ0) is 13.3. The number of aryl methyl sites for hydroxylation is 1. The second kappa shape index (κ2) is 7.75. The molecule has 19 heavy (non-hydrogen) atoms. The van der Waals surface area contributed by atoms with Crippen LogP contribution in [0.25, 0.3) is 0 Å². The molecular formula is C18H23N. The molecular weight excluding hydrogens is 230 g/mol. The van der Waals surface area contributed by atoms with E-state index in [-0.39, 0.29) is 0 Å². The third-order valence-electron chi connectivity index (χ3n) is 3.46. The third kappa shape index (κ3) is 5.27. The molecule has 1 N–H and O–H groups in total. The predicted molar refractivity (Wildman–Crippen MR) is 82.4 cm³/mol. The number of nitrogens with one attached hydrogen (secondary N) is 1. The predicted octanol–water partition coefficient (Wildman–Crippen LogP) is 3.84. The monoisotopic (exact) mass is 253 g/mol. The number of hydrogen-bond donors (Lipinski definition) is 1. The van der Waals surface area contributed by atoms with Crippen LogP contribution in [0, 0.1) is 0 Å². The van der Waals surface area contributed by atoms with Gasteiger partial charge in [-0.25, -0.2) is 0 Å². The van der Waals surface area contributed by atoms with E-state index in [1.807, 2.05) is 0 Å². The number of benzene rings is 2. The van der Waals surface area contributed by atoms with Crippen molar-refractivity contribution in [3.05, 3.63) is 71.8 Å². The van der Waals surface area contributed by atoms with E-state index in [9.17, 15) is 0 Å². The fourth-order valence-corrected chi connectivity index (χ4v) is 2.24. The number of rotatable bonds is 7. The highest BCUT2D eigenvalue weighted by atomic mass is 14.9. The van der Waals surface area contributed by atoms with Crippen LogP contribution in [-0.2, 0) is 12.8 Å². The molecule has 0 unspecified atom stereocenters. The topological polar surface area (TPSA) is 12.0 Å². The summed E-state index contributed by atoms with van der Waals surface area (Å²) in [5.74, 6) is 0. The standard InChI is InChI=1S/C18H23N/c1-16(12-13-17-8-4-2-5-9-17)19-15-14-18-10-6-3-7-11-18/h2-11,16,19H,12-15H2,1H3/t16-/m0/s1. The van der Waals surface area contributed by atoms with Crippen LogP contribution in [0.2, 0.25) is 0 Å². The first kappa shape index (κ1) is 13.8. The van der Waals surface area contributed by atoms with E-state index in [1.165, 1.54) is 17.5 Å². The fourth-order valence-electron chi connectivity index (χ4n) is 2.24. The lowest BCUT2D eigenvalue weighted by Gasteiger charge is -2.13. The summed E-state index contributed by atoms with van der Waals surface area (Å²) >= 11 is 0. The molecule has 1 atom stereocenters. The van der Waals surface area contributed by atoms with E-state index in [0.717, 1.165) is 19.4 Å². The second-order valence-corrected chi connectivity index (χ2v) is 5.12. The van der Waals surface area contributed by atoms with Gasteiger partial charge in [0.15, 0.2) is 0 Å². The number of hydrogen-bond acceptors (Lipinski definition) is 1. The molecule has 0 heterocycles. The Morgan fingerprint density at radius 1 is 0.789 bits per heavy atom. The summed E-state index contributed by atoms with van der Waals surface area (Å²) in [6, 6.07) is 21.9. The van der Waals surface area contributed by atoms with E-state index < -0.39 is 0 Å². The van der Waals surface area contributed by atoms with Crippen LogP contribution in [0.3, 0.4) is 0 Å². The highest BCUT2D eigenvalue weighted by Gasteiger charge is 2.01. The maximum Gasteiger partial charge on any atom is 0.00420 e. The van der Waals surface area contributed by atoms with Crippen LogP contribution >= 0.6 is 0 Å². The molecule has 0 bridgehead atoms. The molecule has 100 valence electrons. The lowest BCUT2D eigenvalue weighted by atomic mass is 10.1. The van der Waals surface area contributed by atoms with Crippen molar-refractivity contribution in [3.8, 4) is 0 Å². The minimum atomic E-state index is 0.573. The maximum absolute atomic E-state index is 3.60. The van der Waals surface area contributed by atoms with Gasteiger partial charge in [-0.1, -0.05) is 60.7 Å². The van der Waals surface area contributed by atoms with Gasteiger partial charge in [0.1, 0.15) is 0 Å². The average Bonchev–Trinajstić information content (AvgIpc) is 2.47. The molecule has 0 aliphatic carbocycles. The van der Waals surface area contributed by atoms with Gasteiger partial charge in [0.2, 0.25) is 0 Å². The fraction of sp³-hybridized carbons (Fsp3) is 0.333. The van der Waals surface area contributed by atoms with Crippen LogP contribution < -0.4 is 5.32 Å². The molecule has 2 rings (SSSR count). The molecule has 0 amide bonds. The van der Waals surface area contributed by atoms with Crippen LogP contribution in [-0.4, -0.2) is 12.6 Å². The molecule has 2 aromatic rings. The van der Waals surface area contributed by atoms with Crippen LogP contribution in [0.4, 0.5) is 0 Å². The molecule has 0 saturated carbocycles. The Hall–Kier alpha value is -1.60. The molecule has 0 aliphatic rings. The van der Waals surface area contributed by atoms with Crippen LogP contribution in [0.5, 0.6) is 0 Å². The van der Waals surface area contributed by atoms with Crippen molar-refractivity contribution >= 4 is 0 Å². The van der Waals surface area contributed by atoms with Crippen molar-refractivity contribution in [2.75, 3.05) is 6.54 Å². The first-order valence-electron chi connectivity index (χ1n) is 7.16.